The summed E-state index contributed by atoms with van der Waals surface area (Å²) in [5, 5.41) is 9.73. The molecule has 0 amide bonds. The standard InChI is InChI=1S/C28H43NO11/c1-7-9-13-35-26(32)39-21-12-11-20(15-22(21)40-27(33)36-14-10-8-2)23(24(29)25(30)31)18(5)19(6)38-28(34)37-16-17(3)4/h11-12,15,17-19,23-24H,7-10,13-14,16,29H2,1-6H3,(H,30,31)/t18?,19?,23?,24-/m0/s1. The van der Waals surface area contributed by atoms with E-state index in [-0.39, 0.29) is 37.2 Å². The van der Waals surface area contributed by atoms with Gasteiger partial charge in [0.25, 0.3) is 0 Å². The first-order valence-electron chi connectivity index (χ1n) is 13.6. The minimum Gasteiger partial charge on any atom is -0.480 e. The normalized spacial score (nSPS) is 13.9. The summed E-state index contributed by atoms with van der Waals surface area (Å²) in [6.45, 7) is 11.3. The number of nitrogens with two attached hydrogens (primary N) is 1. The molecule has 0 aliphatic heterocycles. The van der Waals surface area contributed by atoms with E-state index in [9.17, 15) is 24.3 Å². The first-order valence-corrected chi connectivity index (χ1v) is 13.6. The average Bonchev–Trinajstić information content (AvgIpc) is 2.89. The number of rotatable bonds is 16. The Labute approximate surface area is 235 Å². The SMILES string of the molecule is CCCCOC(=O)Oc1ccc(C(C(C)C(C)OC(=O)OCC(C)C)[C@H](N)C(=O)O)cc1OC(=O)OCCCC. The molecule has 226 valence electrons. The number of carbonyl (C=O) groups excluding carboxylic acids is 3. The third-order valence-corrected chi connectivity index (χ3v) is 5.97. The molecule has 3 unspecified atom stereocenters. The monoisotopic (exact) mass is 569 g/mol. The molecule has 4 atom stereocenters. The Kier molecular flexibility index (Phi) is 15.5. The number of carbonyl (C=O) groups is 4. The summed E-state index contributed by atoms with van der Waals surface area (Å²) < 4.78 is 31.1. The van der Waals surface area contributed by atoms with Crippen LogP contribution in [-0.4, -0.2) is 61.5 Å². The lowest BCUT2D eigenvalue weighted by molar-refractivity contribution is -0.139. The molecule has 1 rings (SSSR count). The van der Waals surface area contributed by atoms with Crippen LogP contribution >= 0.6 is 0 Å². The van der Waals surface area contributed by atoms with Crippen LogP contribution in [0.4, 0.5) is 14.4 Å². The van der Waals surface area contributed by atoms with E-state index >= 15 is 0 Å². The van der Waals surface area contributed by atoms with Crippen LogP contribution in [0.3, 0.4) is 0 Å². The highest BCUT2D eigenvalue weighted by Crippen LogP contribution is 2.37. The Hall–Kier alpha value is -3.54. The topological polar surface area (TPSA) is 170 Å². The van der Waals surface area contributed by atoms with E-state index < -0.39 is 48.4 Å². The predicted molar refractivity (Wildman–Crippen MR) is 144 cm³/mol. The quantitative estimate of drug-likeness (QED) is 0.109. The summed E-state index contributed by atoms with van der Waals surface area (Å²) in [4.78, 5) is 48.6. The van der Waals surface area contributed by atoms with Crippen LogP contribution in [-0.2, 0) is 23.7 Å². The molecule has 0 spiro atoms. The third-order valence-electron chi connectivity index (χ3n) is 5.97. The van der Waals surface area contributed by atoms with Crippen LogP contribution in [0, 0.1) is 11.8 Å². The maximum Gasteiger partial charge on any atom is 0.513 e. The van der Waals surface area contributed by atoms with E-state index in [2.05, 4.69) is 0 Å². The van der Waals surface area contributed by atoms with E-state index in [4.69, 9.17) is 34.2 Å². The smallest absolute Gasteiger partial charge is 0.480 e. The molecule has 0 aliphatic carbocycles. The van der Waals surface area contributed by atoms with Gasteiger partial charge in [0.05, 0.1) is 19.8 Å². The molecule has 0 aromatic heterocycles. The highest BCUT2D eigenvalue weighted by Gasteiger charge is 2.36. The summed E-state index contributed by atoms with van der Waals surface area (Å²) in [7, 11) is 0. The molecule has 0 saturated heterocycles. The van der Waals surface area contributed by atoms with Gasteiger partial charge in [-0.05, 0) is 43.4 Å². The van der Waals surface area contributed by atoms with Crippen LogP contribution in [0.5, 0.6) is 11.5 Å². The van der Waals surface area contributed by atoms with E-state index in [1.165, 1.54) is 18.2 Å². The van der Waals surface area contributed by atoms with E-state index in [1.54, 1.807) is 13.8 Å². The number of carboxylic acids is 1. The molecular formula is C28H43NO11. The third kappa shape index (κ3) is 12.1. The lowest BCUT2D eigenvalue weighted by atomic mass is 9.79. The van der Waals surface area contributed by atoms with Crippen molar-refractivity contribution < 1.29 is 52.7 Å². The van der Waals surface area contributed by atoms with Crippen molar-refractivity contribution in [1.82, 2.24) is 0 Å². The van der Waals surface area contributed by atoms with Crippen LogP contribution in [0.1, 0.15) is 78.7 Å². The van der Waals surface area contributed by atoms with Crippen molar-refractivity contribution in [2.45, 2.75) is 85.3 Å². The van der Waals surface area contributed by atoms with Gasteiger partial charge in [0.2, 0.25) is 0 Å². The minimum absolute atomic E-state index is 0.102. The fourth-order valence-electron chi connectivity index (χ4n) is 3.55. The van der Waals surface area contributed by atoms with Gasteiger partial charge in [-0.1, -0.05) is 53.5 Å². The molecule has 0 bridgehead atoms. The van der Waals surface area contributed by atoms with Gasteiger partial charge in [0.15, 0.2) is 11.5 Å². The molecule has 3 N–H and O–H groups in total. The van der Waals surface area contributed by atoms with Crippen molar-refractivity contribution in [2.24, 2.45) is 17.6 Å². The fourth-order valence-corrected chi connectivity index (χ4v) is 3.55. The highest BCUT2D eigenvalue weighted by atomic mass is 16.7. The summed E-state index contributed by atoms with van der Waals surface area (Å²) in [6.07, 6.45) is -0.875. The summed E-state index contributed by atoms with van der Waals surface area (Å²) in [5.41, 5.74) is 6.40. The molecule has 0 heterocycles. The van der Waals surface area contributed by atoms with Crippen molar-refractivity contribution in [3.63, 3.8) is 0 Å². The van der Waals surface area contributed by atoms with Gasteiger partial charge >= 0.3 is 24.4 Å². The lowest BCUT2D eigenvalue weighted by Crippen LogP contribution is -2.42. The number of benzene rings is 1. The van der Waals surface area contributed by atoms with E-state index in [0.29, 0.717) is 18.4 Å². The number of hydrogen-bond donors (Lipinski definition) is 2. The first-order chi connectivity index (χ1) is 18.9. The highest BCUT2D eigenvalue weighted by molar-refractivity contribution is 5.75. The molecule has 0 radical (unpaired) electrons. The van der Waals surface area contributed by atoms with Crippen molar-refractivity contribution in [3.8, 4) is 11.5 Å². The largest absolute Gasteiger partial charge is 0.513 e. The Balaban J connectivity index is 3.33. The fraction of sp³-hybridized carbons (Fsp3) is 0.643. The molecule has 12 nitrogen and oxygen atoms in total. The molecule has 0 fully saturated rings. The van der Waals surface area contributed by atoms with Gasteiger partial charge < -0.3 is 39.3 Å². The Morgan fingerprint density at radius 2 is 1.38 bits per heavy atom. The van der Waals surface area contributed by atoms with E-state index in [0.717, 1.165) is 12.8 Å². The number of hydrogen-bond acceptors (Lipinski definition) is 11. The van der Waals surface area contributed by atoms with Crippen molar-refractivity contribution in [2.75, 3.05) is 19.8 Å². The molecular weight excluding hydrogens is 526 g/mol. The Morgan fingerprint density at radius 3 is 1.88 bits per heavy atom. The minimum atomic E-state index is -1.43. The second-order valence-corrected chi connectivity index (χ2v) is 9.84. The van der Waals surface area contributed by atoms with Gasteiger partial charge in [-0.25, -0.2) is 14.4 Å². The zero-order chi connectivity index (χ0) is 30.2. The average molecular weight is 570 g/mol. The Bertz CT molecular complexity index is 966. The number of carboxylic acid groups (broad SMARTS) is 1. The zero-order valence-electron chi connectivity index (χ0n) is 24.2. The van der Waals surface area contributed by atoms with Gasteiger partial charge in [-0.2, -0.15) is 0 Å². The van der Waals surface area contributed by atoms with Gasteiger partial charge in [-0.3, -0.25) is 4.79 Å². The van der Waals surface area contributed by atoms with Gasteiger partial charge in [0.1, 0.15) is 12.1 Å². The van der Waals surface area contributed by atoms with Crippen LogP contribution < -0.4 is 15.2 Å². The molecule has 0 saturated carbocycles. The Morgan fingerprint density at radius 1 is 0.825 bits per heavy atom. The summed E-state index contributed by atoms with van der Waals surface area (Å²) in [5.74, 6) is -3.10. The number of aliphatic carboxylic acids is 1. The summed E-state index contributed by atoms with van der Waals surface area (Å²) in [6, 6.07) is 2.73. The predicted octanol–water partition coefficient (Wildman–Crippen LogP) is 5.65. The molecule has 1 aromatic rings. The lowest BCUT2D eigenvalue weighted by Gasteiger charge is -2.31. The number of unbranched alkanes of at least 4 members (excludes halogenated alkanes) is 2. The molecule has 40 heavy (non-hydrogen) atoms. The second kappa shape index (κ2) is 17.9. The maximum atomic E-state index is 12.3. The molecule has 1 aromatic carbocycles. The van der Waals surface area contributed by atoms with E-state index in [1.807, 2.05) is 27.7 Å². The summed E-state index contributed by atoms with van der Waals surface area (Å²) >= 11 is 0. The van der Waals surface area contributed by atoms with Crippen molar-refractivity contribution in [1.29, 1.82) is 0 Å². The van der Waals surface area contributed by atoms with Crippen molar-refractivity contribution in [3.05, 3.63) is 23.8 Å². The van der Waals surface area contributed by atoms with Crippen LogP contribution in [0.2, 0.25) is 0 Å². The number of ether oxygens (including phenoxy) is 6. The van der Waals surface area contributed by atoms with Crippen LogP contribution in [0.25, 0.3) is 0 Å². The van der Waals surface area contributed by atoms with Crippen LogP contribution in [0.15, 0.2) is 18.2 Å². The molecule has 0 aliphatic rings. The van der Waals surface area contributed by atoms with Gasteiger partial charge in [0, 0.05) is 11.8 Å². The van der Waals surface area contributed by atoms with Gasteiger partial charge in [-0.15, -0.1) is 0 Å². The first kappa shape index (κ1) is 34.5. The van der Waals surface area contributed by atoms with Crippen molar-refractivity contribution >= 4 is 24.4 Å². The second-order valence-electron chi connectivity index (χ2n) is 9.84. The zero-order valence-corrected chi connectivity index (χ0v) is 24.2. The molecule has 12 heteroatoms. The maximum absolute atomic E-state index is 12.3.